The van der Waals surface area contributed by atoms with Crippen LogP contribution >= 0.6 is 0 Å². The number of ether oxygens (including phenoxy) is 5. The molecule has 1 aromatic carbocycles. The van der Waals surface area contributed by atoms with Crippen LogP contribution in [0.4, 0.5) is 5.69 Å². The fourth-order valence-electron chi connectivity index (χ4n) is 2.86. The first-order valence-electron chi connectivity index (χ1n) is 10.5. The van der Waals surface area contributed by atoms with Gasteiger partial charge in [-0.05, 0) is 24.3 Å². The minimum Gasteiger partial charge on any atom is -0.491 e. The molecule has 1 fully saturated rings. The minimum atomic E-state index is 0.553. The van der Waals surface area contributed by atoms with Crippen molar-refractivity contribution >= 4 is 5.69 Å². The van der Waals surface area contributed by atoms with Gasteiger partial charge in [-0.3, -0.25) is 0 Å². The highest BCUT2D eigenvalue weighted by Crippen LogP contribution is 2.19. The van der Waals surface area contributed by atoms with Crippen LogP contribution in [0.5, 0.6) is 5.75 Å². The van der Waals surface area contributed by atoms with Gasteiger partial charge in [0.15, 0.2) is 0 Å². The molecule has 2 N–H and O–H groups in total. The Kier molecular flexibility index (Phi) is 13.5. The lowest BCUT2D eigenvalue weighted by atomic mass is 10.2. The van der Waals surface area contributed by atoms with Gasteiger partial charge in [-0.2, -0.15) is 0 Å². The van der Waals surface area contributed by atoms with Crippen molar-refractivity contribution in [2.75, 3.05) is 104 Å². The normalized spacial score (nSPS) is 19.3. The molecule has 0 amide bonds. The highest BCUT2D eigenvalue weighted by molar-refractivity contribution is 5.49. The minimum absolute atomic E-state index is 0.553. The molecule has 0 atom stereocenters. The Bertz CT molecular complexity index is 486. The van der Waals surface area contributed by atoms with E-state index in [2.05, 4.69) is 27.7 Å². The number of nitrogens with one attached hydrogen (secondary N) is 2. The van der Waals surface area contributed by atoms with Crippen LogP contribution in [0, 0.1) is 0 Å². The number of methoxy groups -OCH3 is 1. The summed E-state index contributed by atoms with van der Waals surface area (Å²) in [7, 11) is 1.67. The Balaban J connectivity index is 1.82. The summed E-state index contributed by atoms with van der Waals surface area (Å²) in [6.45, 7) is 10.3. The number of hydrogen-bond acceptors (Lipinski definition) is 8. The first kappa shape index (κ1) is 23.9. The van der Waals surface area contributed by atoms with Crippen molar-refractivity contribution in [2.45, 2.75) is 0 Å². The molecule has 166 valence electrons. The first-order chi connectivity index (χ1) is 14.4. The molecule has 0 spiro atoms. The lowest BCUT2D eigenvalue weighted by Crippen LogP contribution is -2.36. The third-order valence-electron chi connectivity index (χ3n) is 4.46. The predicted molar refractivity (Wildman–Crippen MR) is 114 cm³/mol. The van der Waals surface area contributed by atoms with Gasteiger partial charge in [-0.15, -0.1) is 0 Å². The fraction of sp³-hybridized carbons (Fsp3) is 0.714. The second kappa shape index (κ2) is 16.4. The van der Waals surface area contributed by atoms with Crippen molar-refractivity contribution in [3.8, 4) is 5.75 Å². The molecule has 0 unspecified atom stereocenters. The summed E-state index contributed by atoms with van der Waals surface area (Å²) in [6, 6.07) is 8.18. The van der Waals surface area contributed by atoms with Crippen LogP contribution in [-0.4, -0.2) is 99.2 Å². The van der Waals surface area contributed by atoms with Gasteiger partial charge < -0.3 is 39.2 Å². The van der Waals surface area contributed by atoms with Crippen LogP contribution in [0.15, 0.2) is 24.3 Å². The van der Waals surface area contributed by atoms with Gasteiger partial charge in [0, 0.05) is 52.1 Å². The van der Waals surface area contributed by atoms with Crippen molar-refractivity contribution < 1.29 is 23.7 Å². The number of anilines is 1. The van der Waals surface area contributed by atoms with E-state index in [1.165, 1.54) is 0 Å². The van der Waals surface area contributed by atoms with E-state index in [1.54, 1.807) is 7.11 Å². The molecule has 1 aliphatic rings. The molecule has 1 aliphatic heterocycles. The standard InChI is InChI=1S/C21H37N3O5/c1-25-16-19-29-21-4-2-20(3-5-21)24-10-6-22-7-12-26-13-8-23-9-14-27-17-18-28-15-11-24/h2-5,22-23H,6-19H2,1H3. The highest BCUT2D eigenvalue weighted by Gasteiger charge is 2.07. The van der Waals surface area contributed by atoms with Crippen molar-refractivity contribution in [1.29, 1.82) is 0 Å². The van der Waals surface area contributed by atoms with E-state index < -0.39 is 0 Å². The van der Waals surface area contributed by atoms with Gasteiger partial charge in [0.1, 0.15) is 12.4 Å². The van der Waals surface area contributed by atoms with Crippen molar-refractivity contribution in [3.05, 3.63) is 24.3 Å². The lowest BCUT2D eigenvalue weighted by Gasteiger charge is -2.25. The van der Waals surface area contributed by atoms with Crippen LogP contribution in [0.2, 0.25) is 0 Å². The number of hydrogen-bond donors (Lipinski definition) is 2. The Morgan fingerprint density at radius 1 is 0.759 bits per heavy atom. The lowest BCUT2D eigenvalue weighted by molar-refractivity contribution is 0.0505. The Morgan fingerprint density at radius 2 is 1.38 bits per heavy atom. The Hall–Kier alpha value is -1.42. The third-order valence-corrected chi connectivity index (χ3v) is 4.46. The largest absolute Gasteiger partial charge is 0.491 e. The Labute approximate surface area is 174 Å². The predicted octanol–water partition coefficient (Wildman–Crippen LogP) is 0.761. The van der Waals surface area contributed by atoms with Gasteiger partial charge in [-0.1, -0.05) is 0 Å². The number of rotatable bonds is 5. The van der Waals surface area contributed by atoms with Gasteiger partial charge in [0.2, 0.25) is 0 Å². The molecule has 0 aliphatic carbocycles. The zero-order valence-corrected chi connectivity index (χ0v) is 17.7. The quantitative estimate of drug-likeness (QED) is 0.688. The van der Waals surface area contributed by atoms with E-state index >= 15 is 0 Å². The average Bonchev–Trinajstić information content (AvgIpc) is 2.74. The smallest absolute Gasteiger partial charge is 0.119 e. The fourth-order valence-corrected chi connectivity index (χ4v) is 2.86. The van der Waals surface area contributed by atoms with E-state index in [1.807, 2.05) is 12.1 Å². The van der Waals surface area contributed by atoms with Crippen LogP contribution in [-0.2, 0) is 18.9 Å². The SMILES string of the molecule is COCCOc1ccc(N2CCNCCOCCNCCOCCOCC2)cc1. The summed E-state index contributed by atoms with van der Waals surface area (Å²) in [4.78, 5) is 2.32. The molecule has 29 heavy (non-hydrogen) atoms. The van der Waals surface area contributed by atoms with E-state index in [9.17, 15) is 0 Å². The summed E-state index contributed by atoms with van der Waals surface area (Å²) < 4.78 is 27.6. The molecule has 1 heterocycles. The molecule has 0 bridgehead atoms. The van der Waals surface area contributed by atoms with Gasteiger partial charge in [0.25, 0.3) is 0 Å². The maximum Gasteiger partial charge on any atom is 0.119 e. The van der Waals surface area contributed by atoms with Crippen LogP contribution in [0.1, 0.15) is 0 Å². The third kappa shape index (κ3) is 11.4. The van der Waals surface area contributed by atoms with E-state index in [0.717, 1.165) is 63.9 Å². The Morgan fingerprint density at radius 3 is 2.07 bits per heavy atom. The average molecular weight is 412 g/mol. The van der Waals surface area contributed by atoms with E-state index in [-0.39, 0.29) is 0 Å². The molecule has 8 nitrogen and oxygen atoms in total. The van der Waals surface area contributed by atoms with Gasteiger partial charge in [0.05, 0.1) is 46.2 Å². The summed E-state index contributed by atoms with van der Waals surface area (Å²) in [5, 5.41) is 6.75. The number of benzene rings is 1. The van der Waals surface area contributed by atoms with E-state index in [4.69, 9.17) is 23.7 Å². The zero-order chi connectivity index (χ0) is 20.4. The van der Waals surface area contributed by atoms with Crippen molar-refractivity contribution in [3.63, 3.8) is 0 Å². The molecule has 1 aromatic rings. The molecule has 0 aromatic heterocycles. The monoisotopic (exact) mass is 411 g/mol. The second-order valence-electron chi connectivity index (χ2n) is 6.66. The van der Waals surface area contributed by atoms with E-state index in [0.29, 0.717) is 39.6 Å². The molecule has 2 rings (SSSR count). The highest BCUT2D eigenvalue weighted by atomic mass is 16.5. The summed E-state index contributed by atoms with van der Waals surface area (Å²) >= 11 is 0. The van der Waals surface area contributed by atoms with Crippen LogP contribution in [0.25, 0.3) is 0 Å². The zero-order valence-electron chi connectivity index (χ0n) is 17.7. The molecule has 1 saturated heterocycles. The van der Waals surface area contributed by atoms with Crippen LogP contribution in [0.3, 0.4) is 0 Å². The molecule has 0 saturated carbocycles. The van der Waals surface area contributed by atoms with Crippen LogP contribution < -0.4 is 20.3 Å². The summed E-state index contributed by atoms with van der Waals surface area (Å²) in [5.74, 6) is 0.852. The van der Waals surface area contributed by atoms with Gasteiger partial charge >= 0.3 is 0 Å². The summed E-state index contributed by atoms with van der Waals surface area (Å²) in [5.41, 5.74) is 1.16. The topological polar surface area (TPSA) is 73.5 Å². The molecular weight excluding hydrogens is 374 g/mol. The molecular formula is C21H37N3O5. The van der Waals surface area contributed by atoms with Crippen molar-refractivity contribution in [1.82, 2.24) is 10.6 Å². The molecule has 0 radical (unpaired) electrons. The first-order valence-corrected chi connectivity index (χ1v) is 10.5. The maximum absolute atomic E-state index is 5.75. The maximum atomic E-state index is 5.75. The van der Waals surface area contributed by atoms with Crippen molar-refractivity contribution in [2.24, 2.45) is 0 Å². The summed E-state index contributed by atoms with van der Waals surface area (Å²) in [6.07, 6.45) is 0. The second-order valence-corrected chi connectivity index (χ2v) is 6.66. The van der Waals surface area contributed by atoms with Gasteiger partial charge in [-0.25, -0.2) is 0 Å². The molecule has 8 heteroatoms. The number of nitrogens with zero attached hydrogens (tertiary/aromatic N) is 1.